The molecule has 1 fully saturated rings. The van der Waals surface area contributed by atoms with E-state index in [-0.39, 0.29) is 17.5 Å². The first-order valence-electron chi connectivity index (χ1n) is 5.41. The molecule has 0 radical (unpaired) electrons. The second-order valence-corrected chi connectivity index (χ2v) is 6.55. The van der Waals surface area contributed by atoms with Crippen molar-refractivity contribution >= 4 is 21.2 Å². The van der Waals surface area contributed by atoms with E-state index in [4.69, 9.17) is 13.6 Å². The molecule has 6 heteroatoms. The van der Waals surface area contributed by atoms with Crippen molar-refractivity contribution in [3.63, 3.8) is 0 Å². The number of carbonyl (C=O) groups is 2. The lowest BCUT2D eigenvalue weighted by molar-refractivity contribution is -0.138. The van der Waals surface area contributed by atoms with E-state index in [1.807, 2.05) is 6.92 Å². The summed E-state index contributed by atoms with van der Waals surface area (Å²) in [6.07, 6.45) is 0.886. The smallest absolute Gasteiger partial charge is 0.451 e. The second-order valence-electron chi connectivity index (χ2n) is 4.20. The van der Waals surface area contributed by atoms with Gasteiger partial charge in [0.2, 0.25) is 0 Å². The topological polar surface area (TPSA) is 61.8 Å². The maximum Gasteiger partial charge on any atom is 0.451 e. The Morgan fingerprint density at radius 3 is 2.12 bits per heavy atom. The number of rotatable bonds is 5. The summed E-state index contributed by atoms with van der Waals surface area (Å²) in [7, 11) is -2.23. The fourth-order valence-corrected chi connectivity index (χ4v) is 3.42. The van der Waals surface area contributed by atoms with Crippen LogP contribution in [0.5, 0.6) is 0 Å². The van der Waals surface area contributed by atoms with Gasteiger partial charge < -0.3 is 13.6 Å². The maximum atomic E-state index is 10.9. The van der Waals surface area contributed by atoms with Crippen LogP contribution in [0.15, 0.2) is 0 Å². The maximum absolute atomic E-state index is 10.9. The third kappa shape index (κ3) is 4.32. The van der Waals surface area contributed by atoms with E-state index < -0.39 is 9.28 Å². The molecular weight excluding hydrogens is 228 g/mol. The Hall–Kier alpha value is -0.883. The molecule has 1 aliphatic rings. The van der Waals surface area contributed by atoms with Crippen LogP contribution in [-0.4, -0.2) is 34.4 Å². The van der Waals surface area contributed by atoms with Gasteiger partial charge in [-0.15, -0.1) is 0 Å². The van der Waals surface area contributed by atoms with Crippen LogP contribution in [0, 0.1) is 5.92 Å². The highest BCUT2D eigenvalue weighted by Gasteiger charge is 2.32. The van der Waals surface area contributed by atoms with Crippen LogP contribution < -0.4 is 0 Å². The molecule has 0 aliphatic carbocycles. The van der Waals surface area contributed by atoms with E-state index in [9.17, 15) is 9.59 Å². The second kappa shape index (κ2) is 6.00. The zero-order valence-corrected chi connectivity index (χ0v) is 11.0. The van der Waals surface area contributed by atoms with E-state index in [0.717, 1.165) is 19.6 Å². The standard InChI is InChI=1S/C10H18O5Si/c1-7(4-10-5-13-6-10)16(14-8(2)11)15-9(3)12/h7,10,16H,4-6H2,1-3H3. The van der Waals surface area contributed by atoms with Crippen LogP contribution in [0.3, 0.4) is 0 Å². The van der Waals surface area contributed by atoms with Gasteiger partial charge >= 0.3 is 9.28 Å². The number of hydrogen-bond donors (Lipinski definition) is 0. The first-order valence-corrected chi connectivity index (χ1v) is 7.02. The molecule has 16 heavy (non-hydrogen) atoms. The van der Waals surface area contributed by atoms with Gasteiger partial charge in [0.1, 0.15) is 0 Å². The minimum Gasteiger partial charge on any atom is -0.487 e. The molecule has 0 amide bonds. The van der Waals surface area contributed by atoms with Crippen LogP contribution in [0.1, 0.15) is 27.2 Å². The van der Waals surface area contributed by atoms with Crippen LogP contribution in [-0.2, 0) is 23.2 Å². The van der Waals surface area contributed by atoms with Crippen molar-refractivity contribution in [2.75, 3.05) is 13.2 Å². The van der Waals surface area contributed by atoms with E-state index in [2.05, 4.69) is 0 Å². The summed E-state index contributed by atoms with van der Waals surface area (Å²) in [5.41, 5.74) is 0.127. The van der Waals surface area contributed by atoms with Crippen molar-refractivity contribution in [3.05, 3.63) is 0 Å². The summed E-state index contributed by atoms with van der Waals surface area (Å²) in [6, 6.07) is 0. The molecule has 0 bridgehead atoms. The molecule has 1 heterocycles. The van der Waals surface area contributed by atoms with Gasteiger partial charge in [0.15, 0.2) is 0 Å². The van der Waals surface area contributed by atoms with E-state index in [1.165, 1.54) is 13.8 Å². The van der Waals surface area contributed by atoms with E-state index in [1.54, 1.807) is 0 Å². The SMILES string of the molecule is CC(=O)O[SiH](OC(C)=O)C(C)CC1COC1. The fourth-order valence-electron chi connectivity index (χ4n) is 1.64. The highest BCUT2D eigenvalue weighted by atomic mass is 28.3. The largest absolute Gasteiger partial charge is 0.487 e. The van der Waals surface area contributed by atoms with Gasteiger partial charge in [-0.3, -0.25) is 9.59 Å². The minimum absolute atomic E-state index is 0.127. The Labute approximate surface area is 96.9 Å². The number of carbonyl (C=O) groups excluding carboxylic acids is 2. The van der Waals surface area contributed by atoms with Gasteiger partial charge in [-0.25, -0.2) is 0 Å². The molecule has 0 aromatic rings. The quantitative estimate of drug-likeness (QED) is 0.670. The highest BCUT2D eigenvalue weighted by molar-refractivity contribution is 6.50. The number of hydrogen-bond acceptors (Lipinski definition) is 5. The fraction of sp³-hybridized carbons (Fsp3) is 0.800. The van der Waals surface area contributed by atoms with Crippen molar-refractivity contribution in [3.8, 4) is 0 Å². The number of ether oxygens (including phenoxy) is 1. The molecule has 1 saturated heterocycles. The van der Waals surface area contributed by atoms with Crippen LogP contribution in [0.4, 0.5) is 0 Å². The monoisotopic (exact) mass is 246 g/mol. The molecule has 1 unspecified atom stereocenters. The molecule has 0 spiro atoms. The molecule has 0 aromatic carbocycles. The van der Waals surface area contributed by atoms with Gasteiger partial charge in [-0.05, 0) is 6.42 Å². The van der Waals surface area contributed by atoms with Gasteiger partial charge in [-0.2, -0.15) is 0 Å². The molecule has 0 aromatic heterocycles. The third-order valence-corrected chi connectivity index (χ3v) is 4.77. The summed E-state index contributed by atoms with van der Waals surface area (Å²) >= 11 is 0. The summed E-state index contributed by atoms with van der Waals surface area (Å²) in [4.78, 5) is 21.8. The average Bonchev–Trinajstić information content (AvgIpc) is 2.08. The molecule has 0 saturated carbocycles. The summed E-state index contributed by atoms with van der Waals surface area (Å²) in [6.45, 7) is 6.14. The summed E-state index contributed by atoms with van der Waals surface area (Å²) in [5, 5.41) is 0. The molecular formula is C10H18O5Si. The Balaban J connectivity index is 2.44. The summed E-state index contributed by atoms with van der Waals surface area (Å²) < 4.78 is 15.3. The Morgan fingerprint density at radius 1 is 1.31 bits per heavy atom. The van der Waals surface area contributed by atoms with Crippen LogP contribution >= 0.6 is 0 Å². The van der Waals surface area contributed by atoms with Gasteiger partial charge in [-0.1, -0.05) is 6.92 Å². The Kier molecular flexibility index (Phi) is 4.95. The van der Waals surface area contributed by atoms with Crippen molar-refractivity contribution in [2.24, 2.45) is 5.92 Å². The van der Waals surface area contributed by atoms with Gasteiger partial charge in [0, 0.05) is 25.3 Å². The van der Waals surface area contributed by atoms with Gasteiger partial charge in [0.25, 0.3) is 11.9 Å². The lowest BCUT2D eigenvalue weighted by Crippen LogP contribution is -2.36. The zero-order valence-electron chi connectivity index (χ0n) is 9.89. The molecule has 92 valence electrons. The highest BCUT2D eigenvalue weighted by Crippen LogP contribution is 2.26. The molecule has 1 aliphatic heterocycles. The molecule has 1 rings (SSSR count). The normalized spacial score (nSPS) is 17.8. The van der Waals surface area contributed by atoms with E-state index in [0.29, 0.717) is 5.92 Å². The molecule has 0 N–H and O–H groups in total. The first-order chi connectivity index (χ1) is 7.49. The average molecular weight is 246 g/mol. The van der Waals surface area contributed by atoms with Crippen molar-refractivity contribution in [1.82, 2.24) is 0 Å². The molecule has 1 atom stereocenters. The Morgan fingerprint density at radius 2 is 1.81 bits per heavy atom. The van der Waals surface area contributed by atoms with Crippen LogP contribution in [0.2, 0.25) is 5.54 Å². The van der Waals surface area contributed by atoms with E-state index >= 15 is 0 Å². The first kappa shape index (κ1) is 13.2. The van der Waals surface area contributed by atoms with Crippen LogP contribution in [0.25, 0.3) is 0 Å². The third-order valence-electron chi connectivity index (χ3n) is 2.44. The lowest BCUT2D eigenvalue weighted by Gasteiger charge is -2.30. The van der Waals surface area contributed by atoms with Gasteiger partial charge in [0.05, 0.1) is 13.2 Å². The van der Waals surface area contributed by atoms with Crippen molar-refractivity contribution in [1.29, 1.82) is 0 Å². The van der Waals surface area contributed by atoms with Crippen molar-refractivity contribution in [2.45, 2.75) is 32.7 Å². The van der Waals surface area contributed by atoms with Crippen molar-refractivity contribution < 1.29 is 23.2 Å². The lowest BCUT2D eigenvalue weighted by atomic mass is 10.0. The molecule has 5 nitrogen and oxygen atoms in total. The predicted octanol–water partition coefficient (Wildman–Crippen LogP) is 0.760. The zero-order chi connectivity index (χ0) is 12.1. The Bertz CT molecular complexity index is 248. The summed E-state index contributed by atoms with van der Waals surface area (Å²) in [5.74, 6) is -0.250. The predicted molar refractivity (Wildman–Crippen MR) is 59.0 cm³/mol. The minimum atomic E-state index is -2.23.